The van der Waals surface area contributed by atoms with Crippen molar-refractivity contribution in [1.29, 1.82) is 0 Å². The zero-order valence-corrected chi connectivity index (χ0v) is 15.1. The van der Waals surface area contributed by atoms with Gasteiger partial charge in [0.25, 0.3) is 0 Å². The van der Waals surface area contributed by atoms with Crippen LogP contribution in [0.2, 0.25) is 10.0 Å². The van der Waals surface area contributed by atoms with E-state index in [2.05, 4.69) is 17.0 Å². The van der Waals surface area contributed by atoms with E-state index in [4.69, 9.17) is 37.1 Å². The Hall–Kier alpha value is -1.60. The first-order valence-corrected chi connectivity index (χ1v) is 8.88. The van der Waals surface area contributed by atoms with E-state index in [1.54, 1.807) is 29.4 Å². The molecule has 0 spiro atoms. The number of nitrogens with zero attached hydrogens (tertiary/aromatic N) is 3. The van der Waals surface area contributed by atoms with E-state index in [9.17, 15) is 0 Å². The topological polar surface area (TPSA) is 62.3 Å². The second-order valence-corrected chi connectivity index (χ2v) is 6.95. The van der Waals surface area contributed by atoms with E-state index in [1.807, 2.05) is 0 Å². The summed E-state index contributed by atoms with van der Waals surface area (Å²) in [5.74, 6) is -0.578. The minimum Gasteiger partial charge on any atom is -0.462 e. The summed E-state index contributed by atoms with van der Waals surface area (Å²) in [7, 11) is 0. The maximum atomic E-state index is 6.44. The van der Waals surface area contributed by atoms with Crippen molar-refractivity contribution in [2.45, 2.75) is 38.2 Å². The Labute approximate surface area is 154 Å². The van der Waals surface area contributed by atoms with E-state index in [0.717, 1.165) is 23.6 Å². The maximum Gasteiger partial charge on any atom is 0.249 e. The summed E-state index contributed by atoms with van der Waals surface area (Å²) in [6, 6.07) is 3.49. The summed E-state index contributed by atoms with van der Waals surface area (Å²) in [5, 5.41) is 6.76. The number of furan rings is 1. The van der Waals surface area contributed by atoms with Crippen LogP contribution in [0.1, 0.15) is 25.5 Å². The smallest absolute Gasteiger partial charge is 0.249 e. The average molecular weight is 382 g/mol. The molecule has 0 saturated carbocycles. The van der Waals surface area contributed by atoms with Crippen molar-refractivity contribution in [2.24, 2.45) is 0 Å². The molecule has 0 amide bonds. The van der Waals surface area contributed by atoms with Gasteiger partial charge in [0.2, 0.25) is 5.79 Å². The summed E-state index contributed by atoms with van der Waals surface area (Å²) < 4.78 is 19.9. The number of fused-ring (bicyclic) bond motifs is 1. The summed E-state index contributed by atoms with van der Waals surface area (Å²) >= 11 is 12.5. The first kappa shape index (κ1) is 16.8. The van der Waals surface area contributed by atoms with E-state index in [-0.39, 0.29) is 6.10 Å². The maximum absolute atomic E-state index is 6.44. The largest absolute Gasteiger partial charge is 0.462 e. The lowest BCUT2D eigenvalue weighted by Crippen LogP contribution is -2.33. The minimum atomic E-state index is -1.10. The van der Waals surface area contributed by atoms with E-state index < -0.39 is 5.79 Å². The molecule has 1 saturated heterocycles. The molecule has 2 aromatic heterocycles. The van der Waals surface area contributed by atoms with Gasteiger partial charge in [0.15, 0.2) is 5.76 Å². The third-order valence-electron chi connectivity index (χ3n) is 4.27. The van der Waals surface area contributed by atoms with Crippen molar-refractivity contribution in [3.63, 3.8) is 0 Å². The molecule has 132 valence electrons. The van der Waals surface area contributed by atoms with Crippen molar-refractivity contribution in [3.8, 4) is 0 Å². The van der Waals surface area contributed by atoms with Gasteiger partial charge in [-0.05, 0) is 18.6 Å². The number of halogens is 2. The third-order valence-corrected chi connectivity index (χ3v) is 4.79. The van der Waals surface area contributed by atoms with Crippen LogP contribution in [0.3, 0.4) is 0 Å². The second-order valence-electron chi connectivity index (χ2n) is 6.10. The highest BCUT2D eigenvalue weighted by molar-refractivity contribution is 6.38. The predicted octanol–water partition coefficient (Wildman–Crippen LogP) is 4.40. The van der Waals surface area contributed by atoms with Crippen molar-refractivity contribution < 1.29 is 13.9 Å². The molecule has 25 heavy (non-hydrogen) atoms. The predicted molar refractivity (Wildman–Crippen MR) is 93.7 cm³/mol. The van der Waals surface area contributed by atoms with Crippen molar-refractivity contribution in [1.82, 2.24) is 14.8 Å². The summed E-state index contributed by atoms with van der Waals surface area (Å²) in [6.07, 6.45) is 6.59. The molecule has 0 bridgehead atoms. The molecule has 1 aliphatic rings. The average Bonchev–Trinajstić information content (AvgIpc) is 3.28. The fraction of sp³-hybridized carbons (Fsp3) is 0.412. The molecule has 2 atom stereocenters. The second kappa shape index (κ2) is 6.61. The van der Waals surface area contributed by atoms with Gasteiger partial charge >= 0.3 is 0 Å². The van der Waals surface area contributed by atoms with Crippen molar-refractivity contribution >= 4 is 34.0 Å². The number of rotatable bonds is 5. The van der Waals surface area contributed by atoms with Crippen LogP contribution in [0.25, 0.3) is 10.8 Å². The minimum absolute atomic E-state index is 0.0141. The number of benzene rings is 1. The molecule has 0 aliphatic carbocycles. The highest BCUT2D eigenvalue weighted by Gasteiger charge is 2.47. The molecule has 6 nitrogen and oxygen atoms in total. The first-order chi connectivity index (χ1) is 12.1. The standard InChI is InChI=1S/C17H17Cl2N3O3/c1-2-3-13-7-24-17(25-13,8-22-10-20-9-21-22)16-15-11(6-23-16)4-12(18)5-14(15)19/h4-6,9-10,13H,2-3,7-8H2,1H3. The number of aromatic nitrogens is 3. The van der Waals surface area contributed by atoms with Gasteiger partial charge in [-0.1, -0.05) is 36.5 Å². The third kappa shape index (κ3) is 3.04. The van der Waals surface area contributed by atoms with Crippen molar-refractivity contribution in [2.75, 3.05) is 6.61 Å². The Kier molecular flexibility index (Phi) is 4.45. The lowest BCUT2D eigenvalue weighted by Gasteiger charge is -2.26. The molecule has 2 unspecified atom stereocenters. The molecular formula is C17H17Cl2N3O3. The van der Waals surface area contributed by atoms with Crippen LogP contribution in [0.5, 0.6) is 0 Å². The molecule has 1 aliphatic heterocycles. The quantitative estimate of drug-likeness (QED) is 0.655. The van der Waals surface area contributed by atoms with Gasteiger partial charge in [-0.15, -0.1) is 0 Å². The molecule has 0 N–H and O–H groups in total. The molecule has 3 heterocycles. The lowest BCUT2D eigenvalue weighted by molar-refractivity contribution is -0.199. The van der Waals surface area contributed by atoms with Crippen LogP contribution in [0, 0.1) is 0 Å². The molecule has 1 fully saturated rings. The van der Waals surface area contributed by atoms with E-state index in [1.165, 1.54) is 6.33 Å². The molecule has 4 rings (SSSR count). The Balaban J connectivity index is 1.81. The molecular weight excluding hydrogens is 365 g/mol. The molecule has 1 aromatic carbocycles. The van der Waals surface area contributed by atoms with Gasteiger partial charge in [-0.3, -0.25) is 0 Å². The van der Waals surface area contributed by atoms with Crippen LogP contribution < -0.4 is 0 Å². The summed E-state index contributed by atoms with van der Waals surface area (Å²) in [6.45, 7) is 2.91. The Bertz CT molecular complexity index is 881. The van der Waals surface area contributed by atoms with Gasteiger partial charge in [0, 0.05) is 15.8 Å². The van der Waals surface area contributed by atoms with Gasteiger partial charge in [-0.25, -0.2) is 9.67 Å². The number of hydrogen-bond acceptors (Lipinski definition) is 5. The Morgan fingerprint density at radius 1 is 1.36 bits per heavy atom. The van der Waals surface area contributed by atoms with Crippen LogP contribution in [0.4, 0.5) is 0 Å². The number of ether oxygens (including phenoxy) is 2. The van der Waals surface area contributed by atoms with Crippen LogP contribution in [-0.4, -0.2) is 27.5 Å². The van der Waals surface area contributed by atoms with Crippen molar-refractivity contribution in [3.05, 3.63) is 46.9 Å². The normalized spacial score (nSPS) is 23.6. The summed E-state index contributed by atoms with van der Waals surface area (Å²) in [5.41, 5.74) is 0. The highest BCUT2D eigenvalue weighted by atomic mass is 35.5. The SMILES string of the molecule is CCCC1COC(Cn2cncn2)(c2occ3cc(Cl)cc(Cl)c23)O1. The molecule has 3 aromatic rings. The Morgan fingerprint density at radius 3 is 3.00 bits per heavy atom. The van der Waals surface area contributed by atoms with Crippen LogP contribution in [0.15, 0.2) is 35.5 Å². The molecule has 8 heteroatoms. The van der Waals surface area contributed by atoms with Gasteiger partial charge in [-0.2, -0.15) is 5.10 Å². The fourth-order valence-corrected chi connectivity index (χ4v) is 3.81. The first-order valence-electron chi connectivity index (χ1n) is 8.12. The fourth-order valence-electron chi connectivity index (χ4n) is 3.22. The summed E-state index contributed by atoms with van der Waals surface area (Å²) in [4.78, 5) is 3.99. The highest BCUT2D eigenvalue weighted by Crippen LogP contribution is 2.44. The van der Waals surface area contributed by atoms with Crippen LogP contribution in [-0.2, 0) is 21.8 Å². The zero-order valence-electron chi connectivity index (χ0n) is 13.6. The zero-order chi connectivity index (χ0) is 17.4. The van der Waals surface area contributed by atoms with Gasteiger partial charge in [0.1, 0.15) is 19.2 Å². The molecule has 0 radical (unpaired) electrons. The monoisotopic (exact) mass is 381 g/mol. The van der Waals surface area contributed by atoms with Gasteiger partial charge in [0.05, 0.1) is 24.0 Å². The lowest BCUT2D eigenvalue weighted by atomic mass is 10.1. The van der Waals surface area contributed by atoms with E-state index >= 15 is 0 Å². The Morgan fingerprint density at radius 2 is 2.24 bits per heavy atom. The van der Waals surface area contributed by atoms with Gasteiger partial charge < -0.3 is 13.9 Å². The van der Waals surface area contributed by atoms with Crippen LogP contribution >= 0.6 is 23.2 Å². The number of hydrogen-bond donors (Lipinski definition) is 0. The van der Waals surface area contributed by atoms with E-state index in [0.29, 0.717) is 29.0 Å².